The van der Waals surface area contributed by atoms with E-state index in [1.54, 1.807) is 0 Å². The van der Waals surface area contributed by atoms with Crippen LogP contribution in [-0.4, -0.2) is 50.3 Å². The molecule has 4 bridgehead atoms. The lowest BCUT2D eigenvalue weighted by molar-refractivity contribution is -0.141. The van der Waals surface area contributed by atoms with Crippen molar-refractivity contribution >= 4 is 166 Å². The van der Waals surface area contributed by atoms with Crippen LogP contribution in [0.3, 0.4) is 0 Å². The molecule has 0 aliphatic carbocycles. The Balaban J connectivity index is 1.28. The van der Waals surface area contributed by atoms with Crippen LogP contribution in [0, 0.1) is 66.7 Å². The average molecular weight is 1070 g/mol. The zero-order chi connectivity index (χ0) is 46.4. The largest absolute Gasteiger partial charge is 0.462 e. The van der Waals surface area contributed by atoms with Gasteiger partial charge in [-0.25, -0.2) is 19.2 Å². The van der Waals surface area contributed by atoms with E-state index < -0.39 is 23.9 Å². The standard InChI is InChI=1S/C48H40O8S10/c1-5-9-25-53-41(49)37-38(42(50)54-26-10-6-2)64-47(63-37)45-59-33-21-17-29-13-15-31(57-29)19-23-35-36(24-20-32-16-14-30(58-32)18-22-34(33)60-45)62-46(61-35)48-65-39(43(51)55-27-11-7-3)40(66-48)44(52)56-28-12-8-4/h13-16H,5-12,25-28H2,1-4H3. The lowest BCUT2D eigenvalue weighted by Crippen LogP contribution is -2.12. The predicted molar refractivity (Wildman–Crippen MR) is 277 cm³/mol. The van der Waals surface area contributed by atoms with Crippen molar-refractivity contribution in [2.24, 2.45) is 0 Å². The van der Waals surface area contributed by atoms with E-state index in [0.717, 1.165) is 104 Å². The summed E-state index contributed by atoms with van der Waals surface area (Å²) in [7, 11) is 0. The summed E-state index contributed by atoms with van der Waals surface area (Å²) in [5.74, 6) is -2.10. The van der Waals surface area contributed by atoms with Crippen LogP contribution < -0.4 is 7.69 Å². The summed E-state index contributed by atoms with van der Waals surface area (Å²) in [6.07, 6.45) is 6.42. The van der Waals surface area contributed by atoms with Gasteiger partial charge in [-0.1, -0.05) is 100 Å². The highest BCUT2D eigenvalue weighted by Gasteiger charge is 2.35. The number of carbonyl (C=O) groups excluding carboxylic acids is 4. The summed E-state index contributed by atoms with van der Waals surface area (Å²) in [6, 6.07) is 34.5. The Morgan fingerprint density at radius 2 is 0.621 bits per heavy atom. The van der Waals surface area contributed by atoms with Crippen LogP contribution in [-0.2, 0) is 38.1 Å². The minimum atomic E-state index is -0.526. The molecule has 2 aromatic rings. The lowest BCUT2D eigenvalue weighted by Gasteiger charge is -2.06. The van der Waals surface area contributed by atoms with Crippen LogP contribution in [0.15, 0.2) is 43.9 Å². The number of rotatable bonds is 16. The summed E-state index contributed by atoms with van der Waals surface area (Å²) in [5.41, 5.74) is 0. The Bertz CT molecular complexity index is 2710. The van der Waals surface area contributed by atoms with Gasteiger partial charge in [0.05, 0.1) is 53.7 Å². The summed E-state index contributed by atoms with van der Waals surface area (Å²) >= 11 is 13.8. The zero-order valence-electron chi connectivity index (χ0n) is 36.1. The molecule has 0 N–H and O–H groups in total. The number of hydrogen-bond acceptors (Lipinski definition) is 18. The topological polar surface area (TPSA) is 105 Å². The van der Waals surface area contributed by atoms with Gasteiger partial charge in [-0.2, -0.15) is 0 Å². The third-order valence-corrected chi connectivity index (χ3v) is 21.6. The molecule has 7 rings (SSSR count). The van der Waals surface area contributed by atoms with Gasteiger partial charge in [-0.05, 0) is 98.5 Å². The lowest BCUT2D eigenvalue weighted by atomic mass is 10.3. The van der Waals surface area contributed by atoms with Crippen molar-refractivity contribution in [3.63, 3.8) is 0 Å². The Morgan fingerprint density at radius 1 is 0.379 bits per heavy atom. The summed E-state index contributed by atoms with van der Waals surface area (Å²) in [4.78, 5) is 54.0. The second kappa shape index (κ2) is 25.0. The van der Waals surface area contributed by atoms with Crippen molar-refractivity contribution in [3.05, 3.63) is 118 Å². The molecule has 18 heteroatoms. The second-order valence-corrected chi connectivity index (χ2v) is 25.3. The Morgan fingerprint density at radius 3 is 0.848 bits per heavy atom. The molecule has 0 spiro atoms. The fourth-order valence-corrected chi connectivity index (χ4v) is 16.8. The van der Waals surface area contributed by atoms with Crippen LogP contribution in [0.4, 0.5) is 0 Å². The first-order valence-electron chi connectivity index (χ1n) is 21.0. The molecule has 0 unspecified atom stereocenters. The van der Waals surface area contributed by atoms with Crippen LogP contribution >= 0.6 is 115 Å². The summed E-state index contributed by atoms with van der Waals surface area (Å²) < 4.78 is 31.9. The SMILES string of the molecule is CCCCOC(=O)C1=C(C(=O)OCCCC)SC(=c2sc3c#cc4ccc(c#cc5sc(=C6SC(C(=O)OCCCC)=C(C(=O)OCCCC)S6)sc=5c#cc5ccc(c#cc=3s2)s5)s4)S1. The Labute approximate surface area is 424 Å². The first kappa shape index (κ1) is 50.1. The monoisotopic (exact) mass is 1060 g/mol. The van der Waals surface area contributed by atoms with Gasteiger partial charge >= 0.3 is 23.9 Å². The molecular formula is C48H40O8S10. The first-order valence-corrected chi connectivity index (χ1v) is 29.2. The Kier molecular flexibility index (Phi) is 19.0. The van der Waals surface area contributed by atoms with Crippen molar-refractivity contribution in [3.8, 4) is 0 Å². The zero-order valence-corrected chi connectivity index (χ0v) is 44.3. The highest BCUT2D eigenvalue weighted by Crippen LogP contribution is 2.52. The number of carbonyl (C=O) groups is 4. The molecule has 66 heavy (non-hydrogen) atoms. The van der Waals surface area contributed by atoms with E-state index >= 15 is 0 Å². The third-order valence-electron chi connectivity index (χ3n) is 8.79. The van der Waals surface area contributed by atoms with Gasteiger partial charge in [-0.15, -0.1) is 68.0 Å². The van der Waals surface area contributed by atoms with Gasteiger partial charge in [0.1, 0.15) is 45.4 Å². The minimum absolute atomic E-state index is 0.242. The number of thioether (sulfide) groups is 4. The van der Waals surface area contributed by atoms with Crippen molar-refractivity contribution in [1.29, 1.82) is 0 Å². The molecule has 2 aromatic heterocycles. The molecule has 0 radical (unpaired) electrons. The maximum absolute atomic E-state index is 13.3. The quantitative estimate of drug-likeness (QED) is 0.0534. The van der Waals surface area contributed by atoms with Crippen LogP contribution in [0.5, 0.6) is 0 Å². The van der Waals surface area contributed by atoms with E-state index in [1.807, 2.05) is 52.0 Å². The smallest absolute Gasteiger partial charge is 0.346 e. The van der Waals surface area contributed by atoms with E-state index in [2.05, 4.69) is 48.5 Å². The fourth-order valence-electron chi connectivity index (χ4n) is 5.31. The number of hydrogen-bond donors (Lipinski definition) is 0. The van der Waals surface area contributed by atoms with E-state index in [1.165, 1.54) is 115 Å². The number of thiophene rings is 2. The molecule has 5 aliphatic rings. The molecule has 7 heterocycles. The van der Waals surface area contributed by atoms with Crippen LogP contribution in [0.25, 0.3) is 27.3 Å². The molecule has 0 fully saturated rings. The van der Waals surface area contributed by atoms with Crippen LogP contribution in [0.1, 0.15) is 79.1 Å². The molecule has 8 nitrogen and oxygen atoms in total. The van der Waals surface area contributed by atoms with Gasteiger partial charge in [0, 0.05) is 0 Å². The van der Waals surface area contributed by atoms with Gasteiger partial charge < -0.3 is 18.9 Å². The number of unbranched alkanes of at least 4 members (excludes halogenated alkanes) is 4. The van der Waals surface area contributed by atoms with E-state index in [0.29, 0.717) is 0 Å². The van der Waals surface area contributed by atoms with Crippen molar-refractivity contribution in [1.82, 2.24) is 0 Å². The summed E-state index contributed by atoms with van der Waals surface area (Å²) in [5, 5.41) is 0. The number of esters is 4. The third kappa shape index (κ3) is 13.3. The van der Waals surface area contributed by atoms with Crippen molar-refractivity contribution in [2.45, 2.75) is 79.1 Å². The molecule has 0 saturated heterocycles. The highest BCUT2D eigenvalue weighted by molar-refractivity contribution is 8.37. The fraction of sp³-hybridized carbons (Fsp3) is 0.333. The van der Waals surface area contributed by atoms with Gasteiger partial charge in [0.25, 0.3) is 0 Å². The molecule has 0 aromatic carbocycles. The average Bonchev–Trinajstić information content (AvgIpc) is 4.18. The van der Waals surface area contributed by atoms with Crippen molar-refractivity contribution in [2.75, 3.05) is 26.4 Å². The van der Waals surface area contributed by atoms with E-state index in [9.17, 15) is 19.2 Å². The highest BCUT2D eigenvalue weighted by atomic mass is 32.2. The van der Waals surface area contributed by atoms with Crippen LogP contribution in [0.2, 0.25) is 0 Å². The number of fused-ring (bicyclic) bond motifs is 4. The molecule has 5 aliphatic heterocycles. The number of ether oxygens (including phenoxy) is 4. The molecule has 340 valence electrons. The second-order valence-electron chi connectivity index (χ2n) is 13.9. The maximum atomic E-state index is 13.3. The van der Waals surface area contributed by atoms with Crippen molar-refractivity contribution < 1.29 is 38.1 Å². The van der Waals surface area contributed by atoms with Gasteiger partial charge in [-0.3, -0.25) is 0 Å². The van der Waals surface area contributed by atoms with E-state index in [4.69, 9.17) is 18.9 Å². The molecular weight excluding hydrogens is 1030 g/mol. The molecule has 0 amide bonds. The van der Waals surface area contributed by atoms with Gasteiger partial charge in [0.15, 0.2) is 0 Å². The maximum Gasteiger partial charge on any atom is 0.346 e. The normalized spacial score (nSPS) is 13.2. The summed E-state index contributed by atoms with van der Waals surface area (Å²) in [6.45, 7) is 9.19. The molecule has 0 saturated carbocycles. The Hall–Kier alpha value is -3.76. The first-order chi connectivity index (χ1) is 32.2. The van der Waals surface area contributed by atoms with E-state index in [-0.39, 0.29) is 46.0 Å². The van der Waals surface area contributed by atoms with Gasteiger partial charge in [0.2, 0.25) is 0 Å². The molecule has 0 atom stereocenters. The minimum Gasteiger partial charge on any atom is -0.462 e. The predicted octanol–water partition coefficient (Wildman–Crippen LogP) is 12.5.